The number of nitrogens with zero attached hydrogens (tertiary/aromatic N) is 2. The Bertz CT molecular complexity index is 1200. The van der Waals surface area contributed by atoms with Gasteiger partial charge in [0.25, 0.3) is 0 Å². The molecule has 1 N–H and O–H groups in total. The summed E-state index contributed by atoms with van der Waals surface area (Å²) in [5.74, 6) is 1.72. The third-order valence-electron chi connectivity index (χ3n) is 9.28. The lowest BCUT2D eigenvalue weighted by atomic mass is 9.66. The van der Waals surface area contributed by atoms with E-state index >= 15 is 0 Å². The van der Waals surface area contributed by atoms with Crippen molar-refractivity contribution >= 4 is 5.91 Å². The molecule has 212 valence electrons. The first-order valence-electron chi connectivity index (χ1n) is 15.1. The number of carbonyl (C=O) groups excluding carboxylic acids is 1. The summed E-state index contributed by atoms with van der Waals surface area (Å²) >= 11 is 0. The molecule has 0 spiro atoms. The average molecular weight is 540 g/mol. The van der Waals surface area contributed by atoms with Gasteiger partial charge in [-0.15, -0.1) is 0 Å². The Labute approximate surface area is 240 Å². The minimum Gasteiger partial charge on any atom is -0.496 e. The molecule has 3 saturated heterocycles. The van der Waals surface area contributed by atoms with Crippen molar-refractivity contribution in [2.45, 2.75) is 58.2 Å². The predicted molar refractivity (Wildman–Crippen MR) is 163 cm³/mol. The third-order valence-corrected chi connectivity index (χ3v) is 9.28. The van der Waals surface area contributed by atoms with Crippen molar-refractivity contribution in [1.82, 2.24) is 15.1 Å². The normalized spacial score (nSPS) is 23.8. The van der Waals surface area contributed by atoms with E-state index < -0.39 is 0 Å². The van der Waals surface area contributed by atoms with Gasteiger partial charge in [0.05, 0.1) is 13.0 Å². The minimum absolute atomic E-state index is 0.0125. The smallest absolute Gasteiger partial charge is 0.227 e. The van der Waals surface area contributed by atoms with Crippen LogP contribution in [0.15, 0.2) is 78.9 Å². The van der Waals surface area contributed by atoms with Crippen LogP contribution in [-0.4, -0.2) is 61.1 Å². The Morgan fingerprint density at radius 3 is 2.20 bits per heavy atom. The van der Waals surface area contributed by atoms with Gasteiger partial charge in [0, 0.05) is 49.7 Å². The van der Waals surface area contributed by atoms with Gasteiger partial charge in [-0.1, -0.05) is 79.7 Å². The number of rotatable bonds is 11. The lowest BCUT2D eigenvalue weighted by Crippen LogP contribution is -2.69. The summed E-state index contributed by atoms with van der Waals surface area (Å²) in [5, 5.41) is 4.03. The molecule has 2 bridgehead atoms. The van der Waals surface area contributed by atoms with Crippen LogP contribution < -0.4 is 10.1 Å². The molecule has 40 heavy (non-hydrogen) atoms. The zero-order valence-corrected chi connectivity index (χ0v) is 24.6. The number of fused-ring (bicyclic) bond motifs is 3. The first kappa shape index (κ1) is 28.4. The lowest BCUT2D eigenvalue weighted by Gasteiger charge is -2.57. The Morgan fingerprint density at radius 1 is 0.975 bits per heavy atom. The van der Waals surface area contributed by atoms with E-state index in [2.05, 4.69) is 110 Å². The molecule has 0 aliphatic carbocycles. The molecule has 1 unspecified atom stereocenters. The van der Waals surface area contributed by atoms with Crippen LogP contribution in [0.4, 0.5) is 0 Å². The van der Waals surface area contributed by atoms with E-state index in [1.165, 1.54) is 22.3 Å². The second-order valence-electron chi connectivity index (χ2n) is 11.3. The number of hydrogen-bond acceptors (Lipinski definition) is 4. The fraction of sp³-hybridized carbons (Fsp3) is 0.457. The van der Waals surface area contributed by atoms with E-state index in [-0.39, 0.29) is 29.8 Å². The van der Waals surface area contributed by atoms with Crippen LogP contribution in [0.25, 0.3) is 0 Å². The summed E-state index contributed by atoms with van der Waals surface area (Å²) in [7, 11) is 1.75. The van der Waals surface area contributed by atoms with E-state index in [4.69, 9.17) is 4.74 Å². The summed E-state index contributed by atoms with van der Waals surface area (Å²) < 4.78 is 5.77. The molecule has 3 fully saturated rings. The molecule has 3 aromatic rings. The largest absolute Gasteiger partial charge is 0.496 e. The number of methoxy groups -OCH3 is 1. The number of amides is 1. The van der Waals surface area contributed by atoms with Crippen molar-refractivity contribution in [2.24, 2.45) is 11.8 Å². The number of nitrogens with one attached hydrogen (secondary N) is 1. The number of benzene rings is 3. The Morgan fingerprint density at radius 2 is 1.62 bits per heavy atom. The van der Waals surface area contributed by atoms with Crippen LogP contribution >= 0.6 is 0 Å². The number of carbonyl (C=O) groups is 1. The molecular weight excluding hydrogens is 494 g/mol. The molecule has 3 aliphatic heterocycles. The standard InChI is InChI=1S/C35H45N3O2/c1-5-25-18-19-31(40-4)28(22-25)23-36-33-29-20-21-38(24-30(29)35(39)37(6-2)7-3)34(33)32(26-14-10-8-11-15-26)27-16-12-9-13-17-27/h8-19,22,29-30,32-34,36H,5-7,20-21,23-24H2,1-4H3/t29-,30-,33-,34+/m0/s1. The lowest BCUT2D eigenvalue weighted by molar-refractivity contribution is -0.145. The molecule has 1 amide bonds. The second-order valence-corrected chi connectivity index (χ2v) is 11.3. The van der Waals surface area contributed by atoms with Crippen molar-refractivity contribution in [1.29, 1.82) is 0 Å². The van der Waals surface area contributed by atoms with Gasteiger partial charge in [-0.05, 0) is 61.9 Å². The van der Waals surface area contributed by atoms with Crippen LogP contribution in [0.3, 0.4) is 0 Å². The van der Waals surface area contributed by atoms with Crippen LogP contribution in [0, 0.1) is 11.8 Å². The molecule has 3 heterocycles. The van der Waals surface area contributed by atoms with Crippen LogP contribution in [0.1, 0.15) is 55.4 Å². The molecule has 5 heteroatoms. The van der Waals surface area contributed by atoms with Gasteiger partial charge in [-0.2, -0.15) is 0 Å². The zero-order chi connectivity index (χ0) is 28.1. The first-order chi connectivity index (χ1) is 19.6. The maximum Gasteiger partial charge on any atom is 0.227 e. The minimum atomic E-state index is 0.0125. The maximum absolute atomic E-state index is 13.8. The first-order valence-corrected chi connectivity index (χ1v) is 15.1. The highest BCUT2D eigenvalue weighted by Gasteiger charge is 2.52. The maximum atomic E-state index is 13.8. The molecular formula is C35H45N3O2. The summed E-state index contributed by atoms with van der Waals surface area (Å²) in [5.41, 5.74) is 5.15. The van der Waals surface area contributed by atoms with E-state index in [9.17, 15) is 4.79 Å². The van der Waals surface area contributed by atoms with E-state index in [1.807, 2.05) is 4.90 Å². The van der Waals surface area contributed by atoms with Gasteiger partial charge in [0.2, 0.25) is 5.91 Å². The highest BCUT2D eigenvalue weighted by atomic mass is 16.5. The van der Waals surface area contributed by atoms with Gasteiger partial charge in [0.15, 0.2) is 0 Å². The quantitative estimate of drug-likeness (QED) is 0.338. The number of aryl methyl sites for hydroxylation is 1. The van der Waals surface area contributed by atoms with Crippen molar-refractivity contribution in [3.63, 3.8) is 0 Å². The topological polar surface area (TPSA) is 44.8 Å². The summed E-state index contributed by atoms with van der Waals surface area (Å²) in [6, 6.07) is 28.8. The van der Waals surface area contributed by atoms with Crippen LogP contribution in [0.2, 0.25) is 0 Å². The number of ether oxygens (including phenoxy) is 1. The summed E-state index contributed by atoms with van der Waals surface area (Å²) in [6.45, 7) is 10.5. The molecule has 3 aliphatic rings. The molecule has 5 nitrogen and oxygen atoms in total. The van der Waals surface area contributed by atoms with Crippen LogP contribution in [-0.2, 0) is 17.8 Å². The Balaban J connectivity index is 1.55. The van der Waals surface area contributed by atoms with Gasteiger partial charge >= 0.3 is 0 Å². The van der Waals surface area contributed by atoms with Crippen LogP contribution in [0.5, 0.6) is 5.75 Å². The molecule has 0 aromatic heterocycles. The Kier molecular flexibility index (Phi) is 9.23. The van der Waals surface area contributed by atoms with Gasteiger partial charge < -0.3 is 15.0 Å². The Hall–Kier alpha value is -3.15. The van der Waals surface area contributed by atoms with Gasteiger partial charge in [-0.25, -0.2) is 0 Å². The van der Waals surface area contributed by atoms with Crippen molar-refractivity contribution in [2.75, 3.05) is 33.3 Å². The monoisotopic (exact) mass is 539 g/mol. The highest BCUT2D eigenvalue weighted by molar-refractivity contribution is 5.80. The number of hydrogen-bond donors (Lipinski definition) is 1. The molecule has 0 radical (unpaired) electrons. The third kappa shape index (κ3) is 5.68. The zero-order valence-electron chi connectivity index (χ0n) is 24.6. The van der Waals surface area contributed by atoms with E-state index in [1.54, 1.807) is 7.11 Å². The summed E-state index contributed by atoms with van der Waals surface area (Å²) in [6.07, 6.45) is 2.03. The average Bonchev–Trinajstić information content (AvgIpc) is 3.02. The fourth-order valence-corrected chi connectivity index (χ4v) is 7.22. The fourth-order valence-electron chi connectivity index (χ4n) is 7.22. The molecule has 5 atom stereocenters. The SMILES string of the molecule is CCc1ccc(OC)c(CN[C@H]2[C@H]3CCN(C[C@@H]3C(=O)N(CC)CC)[C@@H]2C(c2ccccc2)c2ccccc2)c1. The van der Waals surface area contributed by atoms with E-state index in [0.717, 1.165) is 44.8 Å². The van der Waals surface area contributed by atoms with Crippen molar-refractivity contribution in [3.8, 4) is 5.75 Å². The second kappa shape index (κ2) is 13.0. The van der Waals surface area contributed by atoms with Crippen molar-refractivity contribution in [3.05, 3.63) is 101 Å². The van der Waals surface area contributed by atoms with Crippen molar-refractivity contribution < 1.29 is 9.53 Å². The molecule has 6 rings (SSSR count). The highest BCUT2D eigenvalue weighted by Crippen LogP contribution is 2.45. The number of piperidine rings is 3. The van der Waals surface area contributed by atoms with Gasteiger partial charge in [-0.3, -0.25) is 9.69 Å². The summed E-state index contributed by atoms with van der Waals surface area (Å²) in [4.78, 5) is 18.5. The molecule has 3 aromatic carbocycles. The predicted octanol–water partition coefficient (Wildman–Crippen LogP) is 5.74. The van der Waals surface area contributed by atoms with Gasteiger partial charge in [0.1, 0.15) is 5.75 Å². The van der Waals surface area contributed by atoms with E-state index in [0.29, 0.717) is 12.5 Å². The molecule has 0 saturated carbocycles.